The fraction of sp³-hybridized carbons (Fsp3) is 0.417. The summed E-state index contributed by atoms with van der Waals surface area (Å²) in [6.45, 7) is 0.0872. The zero-order valence-electron chi connectivity index (χ0n) is 12.1. The highest BCUT2D eigenvalue weighted by atomic mass is 32.2. The van der Waals surface area contributed by atoms with Gasteiger partial charge >= 0.3 is 5.69 Å². The van der Waals surface area contributed by atoms with Gasteiger partial charge in [-0.3, -0.25) is 14.2 Å². The molecule has 0 saturated heterocycles. The number of nitrogens with zero attached hydrogens (tertiary/aromatic N) is 3. The number of rotatable bonds is 6. The fourth-order valence-electron chi connectivity index (χ4n) is 1.70. The van der Waals surface area contributed by atoms with Crippen LogP contribution in [0.15, 0.2) is 20.3 Å². The second-order valence-electron chi connectivity index (χ2n) is 4.47. The highest BCUT2D eigenvalue weighted by Crippen LogP contribution is 2.05. The van der Waals surface area contributed by atoms with Crippen LogP contribution in [0.25, 0.3) is 0 Å². The number of carbonyl (C=O) groups excluding carboxylic acids is 1. The topological polar surface area (TPSA) is 123 Å². The van der Waals surface area contributed by atoms with Crippen molar-refractivity contribution in [3.05, 3.63) is 44.3 Å². The van der Waals surface area contributed by atoms with Crippen molar-refractivity contribution in [3.63, 3.8) is 0 Å². The summed E-state index contributed by atoms with van der Waals surface area (Å²) in [6, 6.07) is 0. The maximum atomic E-state index is 11.8. The Morgan fingerprint density at radius 2 is 2.27 bits per heavy atom. The molecule has 0 spiro atoms. The summed E-state index contributed by atoms with van der Waals surface area (Å²) in [6.07, 6.45) is 3.02. The third kappa shape index (κ3) is 3.85. The monoisotopic (exact) mass is 325 g/mol. The van der Waals surface area contributed by atoms with Gasteiger partial charge in [-0.25, -0.2) is 4.79 Å². The van der Waals surface area contributed by atoms with Crippen LogP contribution in [0, 0.1) is 0 Å². The third-order valence-electron chi connectivity index (χ3n) is 2.83. The molecule has 0 fully saturated rings. The highest BCUT2D eigenvalue weighted by molar-refractivity contribution is 7.97. The lowest BCUT2D eigenvalue weighted by molar-refractivity contribution is -0.120. The van der Waals surface area contributed by atoms with Crippen molar-refractivity contribution in [1.82, 2.24) is 25.0 Å². The van der Waals surface area contributed by atoms with E-state index in [9.17, 15) is 14.4 Å². The van der Waals surface area contributed by atoms with Gasteiger partial charge in [0.2, 0.25) is 11.8 Å². The van der Waals surface area contributed by atoms with Crippen LogP contribution < -0.4 is 16.6 Å². The number of aromatic nitrogens is 4. The first-order valence-corrected chi connectivity index (χ1v) is 7.75. The molecule has 2 aromatic rings. The molecule has 10 heteroatoms. The van der Waals surface area contributed by atoms with Gasteiger partial charge in [0.15, 0.2) is 5.82 Å². The molecule has 2 aromatic heterocycles. The Morgan fingerprint density at radius 3 is 3.00 bits per heavy atom. The summed E-state index contributed by atoms with van der Waals surface area (Å²) in [7, 11) is 1.34. The van der Waals surface area contributed by atoms with E-state index in [1.54, 1.807) is 11.8 Å². The Balaban J connectivity index is 1.94. The quantitative estimate of drug-likeness (QED) is 0.711. The van der Waals surface area contributed by atoms with Crippen molar-refractivity contribution in [2.45, 2.75) is 18.7 Å². The number of H-pyrrole nitrogens is 1. The van der Waals surface area contributed by atoms with Crippen molar-refractivity contribution in [2.75, 3.05) is 6.26 Å². The van der Waals surface area contributed by atoms with Crippen LogP contribution in [0.5, 0.6) is 0 Å². The number of nitrogens with one attached hydrogen (secondary N) is 2. The number of hydrogen-bond donors (Lipinski definition) is 2. The van der Waals surface area contributed by atoms with E-state index in [0.717, 1.165) is 4.57 Å². The summed E-state index contributed by atoms with van der Waals surface area (Å²) < 4.78 is 5.89. The smallest absolute Gasteiger partial charge is 0.328 e. The first kappa shape index (κ1) is 16.0. The molecule has 0 atom stereocenters. The van der Waals surface area contributed by atoms with Crippen molar-refractivity contribution in [3.8, 4) is 0 Å². The predicted octanol–water partition coefficient (Wildman–Crippen LogP) is -0.821. The molecule has 0 bridgehead atoms. The van der Waals surface area contributed by atoms with E-state index >= 15 is 0 Å². The molecule has 2 rings (SSSR count). The van der Waals surface area contributed by atoms with Gasteiger partial charge in [-0.05, 0) is 6.26 Å². The molecular weight excluding hydrogens is 310 g/mol. The average molecular weight is 325 g/mol. The van der Waals surface area contributed by atoms with Crippen molar-refractivity contribution in [2.24, 2.45) is 7.05 Å². The SMILES string of the molecule is CSCc1noc(CNC(=O)Cc2c[nH]c(=O)n(C)c2=O)n1. The van der Waals surface area contributed by atoms with Gasteiger partial charge in [-0.1, -0.05) is 5.16 Å². The van der Waals surface area contributed by atoms with E-state index in [1.807, 2.05) is 6.26 Å². The Hall–Kier alpha value is -2.36. The Morgan fingerprint density at radius 1 is 1.50 bits per heavy atom. The van der Waals surface area contributed by atoms with Gasteiger partial charge in [0, 0.05) is 18.8 Å². The molecule has 0 saturated carbocycles. The molecule has 0 aliphatic carbocycles. The minimum atomic E-state index is -0.527. The average Bonchev–Trinajstić information content (AvgIpc) is 2.94. The molecule has 2 N–H and O–H groups in total. The zero-order chi connectivity index (χ0) is 16.1. The largest absolute Gasteiger partial charge is 0.347 e. The second-order valence-corrected chi connectivity index (χ2v) is 5.34. The van der Waals surface area contributed by atoms with Crippen LogP contribution in [0.2, 0.25) is 0 Å². The number of amides is 1. The molecule has 0 unspecified atom stereocenters. The van der Waals surface area contributed by atoms with Gasteiger partial charge in [0.1, 0.15) is 0 Å². The number of thioether (sulfide) groups is 1. The molecule has 0 aliphatic rings. The molecule has 0 aromatic carbocycles. The van der Waals surface area contributed by atoms with Gasteiger partial charge < -0.3 is 14.8 Å². The first-order valence-electron chi connectivity index (χ1n) is 6.36. The number of hydrogen-bond acceptors (Lipinski definition) is 7. The second kappa shape index (κ2) is 7.07. The minimum absolute atomic E-state index is 0.0872. The molecule has 22 heavy (non-hydrogen) atoms. The molecule has 118 valence electrons. The van der Waals surface area contributed by atoms with Crippen molar-refractivity contribution in [1.29, 1.82) is 0 Å². The summed E-state index contributed by atoms with van der Waals surface area (Å²) in [5.41, 5.74) is -0.825. The Kier molecular flexibility index (Phi) is 5.15. The fourth-order valence-corrected chi connectivity index (χ4v) is 2.08. The Bertz CT molecular complexity index is 778. The summed E-state index contributed by atoms with van der Waals surface area (Å²) in [4.78, 5) is 41.3. The Labute approximate surface area is 129 Å². The highest BCUT2D eigenvalue weighted by Gasteiger charge is 2.11. The van der Waals surface area contributed by atoms with E-state index < -0.39 is 11.2 Å². The lowest BCUT2D eigenvalue weighted by Gasteiger charge is -2.03. The van der Waals surface area contributed by atoms with E-state index in [-0.39, 0.29) is 24.4 Å². The molecule has 0 aliphatic heterocycles. The van der Waals surface area contributed by atoms with Crippen LogP contribution in [0.3, 0.4) is 0 Å². The molecule has 2 heterocycles. The number of aromatic amines is 1. The van der Waals surface area contributed by atoms with Gasteiger partial charge in [-0.2, -0.15) is 16.7 Å². The van der Waals surface area contributed by atoms with Crippen LogP contribution in [0.4, 0.5) is 0 Å². The van der Waals surface area contributed by atoms with Gasteiger partial charge in [0.25, 0.3) is 5.56 Å². The molecular formula is C12H15N5O4S. The molecule has 9 nitrogen and oxygen atoms in total. The minimum Gasteiger partial charge on any atom is -0.347 e. The van der Waals surface area contributed by atoms with Crippen LogP contribution >= 0.6 is 11.8 Å². The normalized spacial score (nSPS) is 10.6. The first-order chi connectivity index (χ1) is 10.5. The van der Waals surface area contributed by atoms with E-state index in [2.05, 4.69) is 20.4 Å². The summed E-state index contributed by atoms with van der Waals surface area (Å²) in [5, 5.41) is 6.33. The zero-order valence-corrected chi connectivity index (χ0v) is 12.9. The standard InChI is InChI=1S/C12H15N5O4S/c1-17-11(19)7(4-14-12(17)20)3-9(18)13-5-10-15-8(6-22-2)16-21-10/h4H,3,5-6H2,1-2H3,(H,13,18)(H,14,20). The molecule has 1 amide bonds. The van der Waals surface area contributed by atoms with E-state index in [1.165, 1.54) is 13.2 Å². The van der Waals surface area contributed by atoms with Gasteiger partial charge in [-0.15, -0.1) is 0 Å². The number of carbonyl (C=O) groups is 1. The van der Waals surface area contributed by atoms with Crippen molar-refractivity contribution >= 4 is 17.7 Å². The van der Waals surface area contributed by atoms with Crippen LogP contribution in [-0.4, -0.2) is 31.9 Å². The van der Waals surface area contributed by atoms with Crippen LogP contribution in [-0.2, 0) is 30.6 Å². The lowest BCUT2D eigenvalue weighted by atomic mass is 10.2. The van der Waals surface area contributed by atoms with Crippen molar-refractivity contribution < 1.29 is 9.32 Å². The van der Waals surface area contributed by atoms with E-state index in [4.69, 9.17) is 4.52 Å². The van der Waals surface area contributed by atoms with E-state index in [0.29, 0.717) is 17.5 Å². The maximum Gasteiger partial charge on any atom is 0.328 e. The summed E-state index contributed by atoms with van der Waals surface area (Å²) in [5.74, 6) is 1.11. The lowest BCUT2D eigenvalue weighted by Crippen LogP contribution is -2.36. The van der Waals surface area contributed by atoms with Crippen LogP contribution in [0.1, 0.15) is 17.3 Å². The van der Waals surface area contributed by atoms with Gasteiger partial charge in [0.05, 0.1) is 18.7 Å². The molecule has 0 radical (unpaired) electrons. The maximum absolute atomic E-state index is 11.8. The predicted molar refractivity (Wildman–Crippen MR) is 79.4 cm³/mol. The third-order valence-corrected chi connectivity index (χ3v) is 3.37. The summed E-state index contributed by atoms with van der Waals surface area (Å²) >= 11 is 1.56.